The van der Waals surface area contributed by atoms with Gasteiger partial charge in [-0.1, -0.05) is 27.7 Å². The van der Waals surface area contributed by atoms with E-state index in [1.807, 2.05) is 6.07 Å². The SMILES string of the molecule is CC1(C)C(C(=O)Nc2ccc(OC3CCOCC3)cn2)C1(C)C. The maximum Gasteiger partial charge on any atom is 0.229 e. The van der Waals surface area contributed by atoms with Crippen LogP contribution in [0.15, 0.2) is 18.3 Å². The number of rotatable bonds is 4. The molecule has 2 fully saturated rings. The Bertz CT molecular complexity index is 560. The van der Waals surface area contributed by atoms with Crippen molar-refractivity contribution in [3.8, 4) is 5.75 Å². The van der Waals surface area contributed by atoms with Crippen LogP contribution < -0.4 is 10.1 Å². The highest BCUT2D eigenvalue weighted by atomic mass is 16.5. The molecule has 2 heterocycles. The van der Waals surface area contributed by atoms with Crippen LogP contribution in [0.4, 0.5) is 5.82 Å². The van der Waals surface area contributed by atoms with Crippen molar-refractivity contribution in [2.45, 2.75) is 46.6 Å². The average molecular weight is 318 g/mol. The predicted molar refractivity (Wildman–Crippen MR) is 88.4 cm³/mol. The molecule has 126 valence electrons. The molecule has 0 unspecified atom stereocenters. The molecular weight excluding hydrogens is 292 g/mol. The standard InChI is InChI=1S/C18H26N2O3/c1-17(2)15(18(17,3)4)16(21)20-14-6-5-13(11-19-14)23-12-7-9-22-10-8-12/h5-6,11-12,15H,7-10H2,1-4H3,(H,19,20,21). The summed E-state index contributed by atoms with van der Waals surface area (Å²) in [6.07, 6.45) is 3.68. The lowest BCUT2D eigenvalue weighted by Gasteiger charge is -2.23. The first-order valence-electron chi connectivity index (χ1n) is 8.33. The number of aromatic nitrogens is 1. The molecule has 1 aromatic rings. The predicted octanol–water partition coefficient (Wildman–Crippen LogP) is 3.26. The zero-order chi connectivity index (χ0) is 16.7. The molecule has 0 radical (unpaired) electrons. The monoisotopic (exact) mass is 318 g/mol. The molecule has 1 saturated heterocycles. The number of nitrogens with one attached hydrogen (secondary N) is 1. The largest absolute Gasteiger partial charge is 0.489 e. The maximum atomic E-state index is 12.4. The Morgan fingerprint density at radius 3 is 2.39 bits per heavy atom. The normalized spacial score (nSPS) is 23.3. The molecule has 0 atom stereocenters. The highest BCUT2D eigenvalue weighted by Crippen LogP contribution is 2.68. The van der Waals surface area contributed by atoms with Crippen LogP contribution in [0, 0.1) is 16.7 Å². The summed E-state index contributed by atoms with van der Waals surface area (Å²) in [5.74, 6) is 1.38. The highest BCUT2D eigenvalue weighted by Gasteiger charge is 2.68. The number of ether oxygens (including phenoxy) is 2. The van der Waals surface area contributed by atoms with Crippen LogP contribution in [0.5, 0.6) is 5.75 Å². The fourth-order valence-corrected chi connectivity index (χ4v) is 3.56. The van der Waals surface area contributed by atoms with Gasteiger partial charge < -0.3 is 14.8 Å². The van der Waals surface area contributed by atoms with E-state index < -0.39 is 0 Å². The number of pyridine rings is 1. The van der Waals surface area contributed by atoms with Crippen molar-refractivity contribution < 1.29 is 14.3 Å². The molecule has 5 heteroatoms. The van der Waals surface area contributed by atoms with E-state index in [4.69, 9.17) is 9.47 Å². The van der Waals surface area contributed by atoms with Crippen molar-refractivity contribution >= 4 is 11.7 Å². The molecule has 2 aliphatic rings. The third-order valence-corrected chi connectivity index (χ3v) is 5.74. The third-order valence-electron chi connectivity index (χ3n) is 5.74. The topological polar surface area (TPSA) is 60.5 Å². The van der Waals surface area contributed by atoms with Crippen LogP contribution in [0.3, 0.4) is 0 Å². The van der Waals surface area contributed by atoms with E-state index in [2.05, 4.69) is 38.0 Å². The van der Waals surface area contributed by atoms with Gasteiger partial charge in [0.05, 0.1) is 19.4 Å². The molecule has 1 aliphatic carbocycles. The van der Waals surface area contributed by atoms with Gasteiger partial charge in [0.2, 0.25) is 5.91 Å². The molecule has 0 aromatic carbocycles. The summed E-state index contributed by atoms with van der Waals surface area (Å²) in [5.41, 5.74) is 0.0619. The van der Waals surface area contributed by atoms with Crippen LogP contribution in [0.2, 0.25) is 0 Å². The second-order valence-corrected chi connectivity index (χ2v) is 7.67. The van der Waals surface area contributed by atoms with Crippen molar-refractivity contribution in [1.29, 1.82) is 0 Å². The number of amides is 1. The summed E-state index contributed by atoms with van der Waals surface area (Å²) in [4.78, 5) is 16.7. The lowest BCUT2D eigenvalue weighted by molar-refractivity contribution is -0.118. The van der Waals surface area contributed by atoms with Crippen LogP contribution in [-0.2, 0) is 9.53 Å². The minimum absolute atomic E-state index is 0.0231. The second-order valence-electron chi connectivity index (χ2n) is 7.67. The van der Waals surface area contributed by atoms with Crippen molar-refractivity contribution in [3.63, 3.8) is 0 Å². The zero-order valence-corrected chi connectivity index (χ0v) is 14.4. The van der Waals surface area contributed by atoms with Crippen molar-refractivity contribution in [1.82, 2.24) is 4.98 Å². The van der Waals surface area contributed by atoms with Gasteiger partial charge in [0.25, 0.3) is 0 Å². The molecule has 23 heavy (non-hydrogen) atoms. The summed E-state index contributed by atoms with van der Waals surface area (Å²) in [7, 11) is 0. The summed E-state index contributed by atoms with van der Waals surface area (Å²) in [5, 5.41) is 2.92. The Hall–Kier alpha value is -1.62. The van der Waals surface area contributed by atoms with Gasteiger partial charge in [0, 0.05) is 18.8 Å². The first kappa shape index (κ1) is 16.2. The van der Waals surface area contributed by atoms with Gasteiger partial charge in [-0.2, -0.15) is 0 Å². The Labute approximate surface area is 137 Å². The number of nitrogens with zero attached hydrogens (tertiary/aromatic N) is 1. The Balaban J connectivity index is 1.56. The number of anilines is 1. The second kappa shape index (κ2) is 5.78. The molecule has 3 rings (SSSR count). The van der Waals surface area contributed by atoms with E-state index in [9.17, 15) is 4.79 Å². The number of carbonyl (C=O) groups is 1. The average Bonchev–Trinajstić information content (AvgIpc) is 2.92. The van der Waals surface area contributed by atoms with Gasteiger partial charge in [-0.3, -0.25) is 4.79 Å². The molecule has 5 nitrogen and oxygen atoms in total. The van der Waals surface area contributed by atoms with Gasteiger partial charge in [-0.05, 0) is 23.0 Å². The van der Waals surface area contributed by atoms with Gasteiger partial charge >= 0.3 is 0 Å². The first-order valence-corrected chi connectivity index (χ1v) is 8.33. The third kappa shape index (κ3) is 3.07. The summed E-state index contributed by atoms with van der Waals surface area (Å²) in [6.45, 7) is 10.0. The van der Waals surface area contributed by atoms with E-state index in [0.29, 0.717) is 5.82 Å². The number of hydrogen-bond acceptors (Lipinski definition) is 4. The van der Waals surface area contributed by atoms with Crippen LogP contribution in [-0.4, -0.2) is 30.2 Å². The van der Waals surface area contributed by atoms with Crippen LogP contribution in [0.1, 0.15) is 40.5 Å². The maximum absolute atomic E-state index is 12.4. The van der Waals surface area contributed by atoms with Gasteiger partial charge in [0.15, 0.2) is 0 Å². The summed E-state index contributed by atoms with van der Waals surface area (Å²) in [6, 6.07) is 3.66. The Kier molecular flexibility index (Phi) is 4.08. The lowest BCUT2D eigenvalue weighted by atomic mass is 10.0. The summed E-state index contributed by atoms with van der Waals surface area (Å²) >= 11 is 0. The molecule has 1 aromatic heterocycles. The van der Waals surface area contributed by atoms with Crippen molar-refractivity contribution in [2.24, 2.45) is 16.7 Å². The molecular formula is C18H26N2O3. The molecule has 1 amide bonds. The molecule has 0 bridgehead atoms. The number of hydrogen-bond donors (Lipinski definition) is 1. The fourth-order valence-electron chi connectivity index (χ4n) is 3.56. The summed E-state index contributed by atoms with van der Waals surface area (Å²) < 4.78 is 11.2. The zero-order valence-electron chi connectivity index (χ0n) is 14.4. The molecule has 0 spiro atoms. The van der Waals surface area contributed by atoms with E-state index in [-0.39, 0.29) is 28.8 Å². The van der Waals surface area contributed by atoms with E-state index in [0.717, 1.165) is 31.8 Å². The van der Waals surface area contributed by atoms with Gasteiger partial charge in [-0.15, -0.1) is 0 Å². The molecule has 1 N–H and O–H groups in total. The van der Waals surface area contributed by atoms with Crippen LogP contribution >= 0.6 is 0 Å². The fraction of sp³-hybridized carbons (Fsp3) is 0.667. The minimum atomic E-state index is 0.0231. The Morgan fingerprint density at radius 2 is 1.87 bits per heavy atom. The number of carbonyl (C=O) groups excluding carboxylic acids is 1. The van der Waals surface area contributed by atoms with Crippen molar-refractivity contribution in [2.75, 3.05) is 18.5 Å². The van der Waals surface area contributed by atoms with Crippen LogP contribution in [0.25, 0.3) is 0 Å². The lowest BCUT2D eigenvalue weighted by Crippen LogP contribution is -2.26. The molecule has 1 saturated carbocycles. The van der Waals surface area contributed by atoms with Gasteiger partial charge in [0.1, 0.15) is 17.7 Å². The van der Waals surface area contributed by atoms with E-state index >= 15 is 0 Å². The minimum Gasteiger partial charge on any atom is -0.489 e. The highest BCUT2D eigenvalue weighted by molar-refractivity contribution is 5.95. The van der Waals surface area contributed by atoms with Gasteiger partial charge in [-0.25, -0.2) is 4.98 Å². The Morgan fingerprint density at radius 1 is 1.22 bits per heavy atom. The quantitative estimate of drug-likeness (QED) is 0.925. The van der Waals surface area contributed by atoms with Crippen molar-refractivity contribution in [3.05, 3.63) is 18.3 Å². The smallest absolute Gasteiger partial charge is 0.229 e. The first-order chi connectivity index (χ1) is 10.8. The molecule has 1 aliphatic heterocycles. The van der Waals surface area contributed by atoms with E-state index in [1.165, 1.54) is 0 Å². The van der Waals surface area contributed by atoms with E-state index in [1.54, 1.807) is 12.3 Å².